The fourth-order valence-corrected chi connectivity index (χ4v) is 5.11. The highest BCUT2D eigenvalue weighted by Gasteiger charge is 2.35. The molecule has 0 saturated carbocycles. The predicted molar refractivity (Wildman–Crippen MR) is 159 cm³/mol. The van der Waals surface area contributed by atoms with Crippen LogP contribution in [0.3, 0.4) is 0 Å². The van der Waals surface area contributed by atoms with Gasteiger partial charge >= 0.3 is 6.09 Å². The molecule has 2 atom stereocenters. The Hall–Kier alpha value is -3.92. The smallest absolute Gasteiger partial charge is 0.410 e. The lowest BCUT2D eigenvalue weighted by atomic mass is 10.0. The Balaban J connectivity index is 1.63. The molecule has 0 spiro atoms. The first-order valence-corrected chi connectivity index (χ1v) is 13.4. The van der Waals surface area contributed by atoms with Crippen molar-refractivity contribution in [2.24, 2.45) is 4.99 Å². The van der Waals surface area contributed by atoms with Crippen LogP contribution in [0.5, 0.6) is 5.75 Å². The average molecular weight is 549 g/mol. The van der Waals surface area contributed by atoms with E-state index in [1.54, 1.807) is 20.4 Å². The second kappa shape index (κ2) is 11.7. The van der Waals surface area contributed by atoms with E-state index in [4.69, 9.17) is 29.9 Å². The van der Waals surface area contributed by atoms with Crippen LogP contribution in [0.2, 0.25) is 0 Å². The van der Waals surface area contributed by atoms with Crippen LogP contribution in [0.15, 0.2) is 35.5 Å². The number of nitrogens with two attached hydrogens (primary N) is 1. The minimum atomic E-state index is -0.530. The zero-order valence-corrected chi connectivity index (χ0v) is 24.7. The van der Waals surface area contributed by atoms with Crippen LogP contribution in [-0.4, -0.2) is 78.9 Å². The number of ether oxygens (including phenoxy) is 3. The van der Waals surface area contributed by atoms with E-state index in [1.165, 1.54) is 0 Å². The summed E-state index contributed by atoms with van der Waals surface area (Å²) in [4.78, 5) is 30.7. The molecule has 0 aliphatic carbocycles. The van der Waals surface area contributed by atoms with Crippen molar-refractivity contribution >= 4 is 34.6 Å². The van der Waals surface area contributed by atoms with Crippen LogP contribution < -0.4 is 15.4 Å². The van der Waals surface area contributed by atoms with Crippen LogP contribution in [0.25, 0.3) is 22.3 Å². The number of benzene rings is 2. The zero-order chi connectivity index (χ0) is 29.2. The number of hydrogen-bond acceptors (Lipinski definition) is 9. The highest BCUT2D eigenvalue weighted by Crippen LogP contribution is 2.37. The third kappa shape index (κ3) is 6.12. The number of rotatable bonds is 6. The minimum Gasteiger partial charge on any atom is -0.466 e. The van der Waals surface area contributed by atoms with Crippen molar-refractivity contribution < 1.29 is 19.0 Å². The lowest BCUT2D eigenvalue weighted by Crippen LogP contribution is -2.59. The number of nitrogen functional groups attached to an aromatic ring is 1. The van der Waals surface area contributed by atoms with E-state index >= 15 is 0 Å². The molecule has 2 aromatic carbocycles. The van der Waals surface area contributed by atoms with Gasteiger partial charge in [0.2, 0.25) is 0 Å². The Morgan fingerprint density at radius 1 is 1.20 bits per heavy atom. The van der Waals surface area contributed by atoms with Gasteiger partial charge in [0.1, 0.15) is 11.4 Å². The molecule has 10 heteroatoms. The van der Waals surface area contributed by atoms with Crippen LogP contribution in [-0.2, 0) is 9.47 Å². The van der Waals surface area contributed by atoms with Gasteiger partial charge in [-0.25, -0.2) is 14.8 Å². The summed E-state index contributed by atoms with van der Waals surface area (Å²) in [5, 5.41) is 0.915. The highest BCUT2D eigenvalue weighted by atomic mass is 16.7. The Labute approximate surface area is 236 Å². The molecular weight excluding hydrogens is 508 g/mol. The van der Waals surface area contributed by atoms with E-state index in [-0.39, 0.29) is 25.0 Å². The summed E-state index contributed by atoms with van der Waals surface area (Å²) < 4.78 is 16.7. The summed E-state index contributed by atoms with van der Waals surface area (Å²) in [5.74, 6) is 1.10. The molecule has 3 aromatic rings. The number of piperazine rings is 1. The fourth-order valence-electron chi connectivity index (χ4n) is 5.11. The molecule has 1 aliphatic heterocycles. The maximum absolute atomic E-state index is 12.8. The number of methoxy groups -OCH3 is 1. The zero-order valence-electron chi connectivity index (χ0n) is 24.7. The molecule has 214 valence electrons. The van der Waals surface area contributed by atoms with Gasteiger partial charge in [-0.15, -0.1) is 0 Å². The summed E-state index contributed by atoms with van der Waals surface area (Å²) in [7, 11) is 3.27. The van der Waals surface area contributed by atoms with E-state index in [2.05, 4.69) is 35.9 Å². The topological polar surface area (TPSA) is 115 Å². The molecule has 1 aliphatic rings. The second-order valence-electron chi connectivity index (χ2n) is 11.2. The molecule has 0 radical (unpaired) electrons. The van der Waals surface area contributed by atoms with E-state index in [0.717, 1.165) is 27.7 Å². The normalized spacial score (nSPS) is 18.0. The number of carbonyl (C=O) groups excluding carboxylic acids is 1. The van der Waals surface area contributed by atoms with Crippen molar-refractivity contribution in [3.63, 3.8) is 0 Å². The molecule has 0 bridgehead atoms. The van der Waals surface area contributed by atoms with E-state index in [9.17, 15) is 4.79 Å². The fraction of sp³-hybridized carbons (Fsp3) is 0.467. The van der Waals surface area contributed by atoms with Gasteiger partial charge in [-0.05, 0) is 65.8 Å². The monoisotopic (exact) mass is 548 g/mol. The first kappa shape index (κ1) is 29.1. The van der Waals surface area contributed by atoms with Crippen molar-refractivity contribution in [1.82, 2.24) is 14.9 Å². The Morgan fingerprint density at radius 2 is 1.90 bits per heavy atom. The molecule has 1 amide bonds. The largest absolute Gasteiger partial charge is 0.466 e. The molecular formula is C30H40N6O4. The van der Waals surface area contributed by atoms with Crippen molar-refractivity contribution in [3.8, 4) is 17.1 Å². The molecule has 40 heavy (non-hydrogen) atoms. The molecule has 2 N–H and O–H groups in total. The van der Waals surface area contributed by atoms with Crippen LogP contribution in [0, 0.1) is 6.92 Å². The van der Waals surface area contributed by atoms with Gasteiger partial charge in [-0.2, -0.15) is 0 Å². The number of anilines is 2. The molecule has 4 rings (SSSR count). The number of nitrogens with zero attached hydrogens (tertiary/aromatic N) is 5. The quantitative estimate of drug-likeness (QED) is 0.258. The van der Waals surface area contributed by atoms with Gasteiger partial charge in [0.15, 0.2) is 12.6 Å². The molecule has 10 nitrogen and oxygen atoms in total. The number of amides is 1. The van der Waals surface area contributed by atoms with Crippen molar-refractivity contribution in [3.05, 3.63) is 41.6 Å². The van der Waals surface area contributed by atoms with Crippen molar-refractivity contribution in [2.75, 3.05) is 44.7 Å². The lowest BCUT2D eigenvalue weighted by molar-refractivity contribution is 0.00566. The van der Waals surface area contributed by atoms with E-state index in [1.807, 2.05) is 50.9 Å². The third-order valence-corrected chi connectivity index (χ3v) is 6.88. The number of hydrogen-bond donors (Lipinski definition) is 1. The van der Waals surface area contributed by atoms with Crippen LogP contribution in [0.1, 0.15) is 45.7 Å². The van der Waals surface area contributed by atoms with Crippen molar-refractivity contribution in [1.29, 1.82) is 0 Å². The number of carbonyl (C=O) groups is 1. The van der Waals surface area contributed by atoms with Gasteiger partial charge in [0, 0.05) is 67.5 Å². The summed E-state index contributed by atoms with van der Waals surface area (Å²) >= 11 is 0. The first-order chi connectivity index (χ1) is 18.9. The van der Waals surface area contributed by atoms with Crippen molar-refractivity contribution in [2.45, 2.75) is 59.2 Å². The van der Waals surface area contributed by atoms with E-state index < -0.39 is 5.60 Å². The third-order valence-electron chi connectivity index (χ3n) is 6.88. The van der Waals surface area contributed by atoms with Gasteiger partial charge in [0.05, 0.1) is 23.2 Å². The Morgan fingerprint density at radius 3 is 2.52 bits per heavy atom. The molecule has 0 unspecified atom stereocenters. The standard InChI is InChI=1S/C30H40N6O4/c1-18-15-35(16-19(2)36(18)29(37)40-30(4,5)6)23-9-10-25-21(11-23)14-33-28(34-25)24-12-22(13-32-7)26(31)20(3)27(24)39-17-38-8/h9-14,18-19H,15-17,31H2,1-8H3/t18-,19-/m1/s1. The molecule has 1 fully saturated rings. The highest BCUT2D eigenvalue weighted by molar-refractivity contribution is 5.93. The molecule has 2 heterocycles. The number of fused-ring (bicyclic) bond motifs is 1. The van der Waals surface area contributed by atoms with Gasteiger partial charge < -0.3 is 24.8 Å². The average Bonchev–Trinajstić information content (AvgIpc) is 2.88. The first-order valence-electron chi connectivity index (χ1n) is 13.4. The van der Waals surface area contributed by atoms with Gasteiger partial charge in [-0.1, -0.05) is 0 Å². The van der Waals surface area contributed by atoms with Gasteiger partial charge in [0.25, 0.3) is 0 Å². The summed E-state index contributed by atoms with van der Waals surface area (Å²) in [6, 6.07) is 8.03. The minimum absolute atomic E-state index is 0.00643. The number of aliphatic imine (C=N–C) groups is 1. The second-order valence-corrected chi connectivity index (χ2v) is 11.2. The predicted octanol–water partition coefficient (Wildman–Crippen LogP) is 5.05. The molecule has 1 aromatic heterocycles. The van der Waals surface area contributed by atoms with E-state index in [0.29, 0.717) is 35.9 Å². The Kier molecular flexibility index (Phi) is 8.48. The Bertz CT molecular complexity index is 1410. The summed E-state index contributed by atoms with van der Waals surface area (Å²) in [5.41, 5.74) is 10.5. The SMILES string of the molecule is CN=Cc1cc(-c2ncc3cc(N4C[C@@H](C)N(C(=O)OC(C)(C)C)[C@H](C)C4)ccc3n2)c(OCOC)c(C)c1N. The maximum atomic E-state index is 12.8. The molecule has 1 saturated heterocycles. The summed E-state index contributed by atoms with van der Waals surface area (Å²) in [6.07, 6.45) is 3.26. The van der Waals surface area contributed by atoms with Gasteiger partial charge in [-0.3, -0.25) is 9.89 Å². The summed E-state index contributed by atoms with van der Waals surface area (Å²) in [6.45, 7) is 13.1. The maximum Gasteiger partial charge on any atom is 0.410 e. The lowest BCUT2D eigenvalue weighted by Gasteiger charge is -2.45. The van der Waals surface area contributed by atoms with Crippen LogP contribution >= 0.6 is 0 Å². The number of aromatic nitrogens is 2. The van der Waals surface area contributed by atoms with Crippen LogP contribution in [0.4, 0.5) is 16.2 Å².